The molecule has 0 aliphatic heterocycles. The fourth-order valence-electron chi connectivity index (χ4n) is 2.09. The SMILES string of the molecule is CCNC(=NCC(O)COCC1CC1)NCCc1nc(C(F)(F)F)cs1. The Morgan fingerprint density at radius 1 is 1.46 bits per heavy atom. The molecule has 1 heterocycles. The minimum atomic E-state index is -4.41. The van der Waals surface area contributed by atoms with Gasteiger partial charge in [0.05, 0.1) is 24.3 Å². The molecule has 1 aromatic heterocycles. The molecule has 6 nitrogen and oxygen atoms in total. The molecule has 0 radical (unpaired) electrons. The maximum Gasteiger partial charge on any atom is 0.434 e. The summed E-state index contributed by atoms with van der Waals surface area (Å²) in [4.78, 5) is 7.86. The van der Waals surface area contributed by atoms with Crippen LogP contribution < -0.4 is 10.6 Å². The number of rotatable bonds is 10. The molecule has 0 amide bonds. The predicted octanol–water partition coefficient (Wildman–Crippen LogP) is 2.05. The van der Waals surface area contributed by atoms with Crippen molar-refractivity contribution in [2.75, 3.05) is 32.8 Å². The average molecular weight is 394 g/mol. The molecule has 1 aliphatic rings. The van der Waals surface area contributed by atoms with Gasteiger partial charge in [0.15, 0.2) is 11.7 Å². The molecule has 0 aromatic carbocycles. The second-order valence-electron chi connectivity index (χ2n) is 6.16. The summed E-state index contributed by atoms with van der Waals surface area (Å²) in [6.45, 7) is 4.06. The Bertz CT molecular complexity index is 576. The monoisotopic (exact) mass is 394 g/mol. The molecule has 26 heavy (non-hydrogen) atoms. The van der Waals surface area contributed by atoms with Crippen LogP contribution in [0.2, 0.25) is 0 Å². The highest BCUT2D eigenvalue weighted by atomic mass is 32.1. The standard InChI is InChI=1S/C16H25F3N4O2S/c1-2-20-15(22-7-12(24)9-25-8-11-3-4-11)21-6-5-14-23-13(10-26-14)16(17,18)19/h10-12,24H,2-9H2,1H3,(H2,20,21,22). The first kappa shape index (κ1) is 20.9. The van der Waals surface area contributed by atoms with Gasteiger partial charge in [0.1, 0.15) is 0 Å². The topological polar surface area (TPSA) is 78.8 Å². The molecule has 148 valence electrons. The van der Waals surface area contributed by atoms with Crippen molar-refractivity contribution in [2.45, 2.75) is 38.5 Å². The van der Waals surface area contributed by atoms with Gasteiger partial charge in [0, 0.05) is 31.5 Å². The molecule has 0 bridgehead atoms. The summed E-state index contributed by atoms with van der Waals surface area (Å²) in [5, 5.41) is 17.4. The number of hydrogen-bond acceptors (Lipinski definition) is 5. The number of halogens is 3. The third-order valence-corrected chi connectivity index (χ3v) is 4.55. The highest BCUT2D eigenvalue weighted by Crippen LogP contribution is 2.30. The molecular formula is C16H25F3N4O2S. The molecule has 1 aromatic rings. The lowest BCUT2D eigenvalue weighted by Gasteiger charge is -2.13. The number of guanidine groups is 1. The van der Waals surface area contributed by atoms with Crippen LogP contribution in [0.15, 0.2) is 10.4 Å². The zero-order valence-corrected chi connectivity index (χ0v) is 15.5. The number of aliphatic imine (C=N–C) groups is 1. The van der Waals surface area contributed by atoms with Crippen LogP contribution in [0, 0.1) is 5.92 Å². The number of ether oxygens (including phenoxy) is 1. The largest absolute Gasteiger partial charge is 0.434 e. The van der Waals surface area contributed by atoms with Gasteiger partial charge in [-0.15, -0.1) is 11.3 Å². The van der Waals surface area contributed by atoms with Crippen LogP contribution in [0.25, 0.3) is 0 Å². The minimum absolute atomic E-state index is 0.190. The van der Waals surface area contributed by atoms with Crippen molar-refractivity contribution in [1.82, 2.24) is 15.6 Å². The highest BCUT2D eigenvalue weighted by molar-refractivity contribution is 7.09. The Morgan fingerprint density at radius 3 is 2.85 bits per heavy atom. The third kappa shape index (κ3) is 7.88. The van der Waals surface area contributed by atoms with Crippen LogP contribution in [0.1, 0.15) is 30.5 Å². The molecule has 2 rings (SSSR count). The first-order valence-corrected chi connectivity index (χ1v) is 9.56. The van der Waals surface area contributed by atoms with Crippen molar-refractivity contribution >= 4 is 17.3 Å². The molecule has 1 aliphatic carbocycles. The number of nitrogens with one attached hydrogen (secondary N) is 2. The van der Waals surface area contributed by atoms with Crippen molar-refractivity contribution in [1.29, 1.82) is 0 Å². The first-order chi connectivity index (χ1) is 12.4. The van der Waals surface area contributed by atoms with E-state index in [9.17, 15) is 18.3 Å². The normalized spacial score (nSPS) is 16.6. The molecule has 1 fully saturated rings. The van der Waals surface area contributed by atoms with Gasteiger partial charge in [0.25, 0.3) is 0 Å². The number of thiazole rings is 1. The Morgan fingerprint density at radius 2 is 2.23 bits per heavy atom. The molecule has 10 heteroatoms. The lowest BCUT2D eigenvalue weighted by Crippen LogP contribution is -2.39. The van der Waals surface area contributed by atoms with E-state index in [-0.39, 0.29) is 13.2 Å². The van der Waals surface area contributed by atoms with Gasteiger partial charge in [0.2, 0.25) is 0 Å². The maximum absolute atomic E-state index is 12.5. The molecule has 1 atom stereocenters. The number of aliphatic hydroxyl groups excluding tert-OH is 1. The van der Waals surface area contributed by atoms with Gasteiger partial charge in [-0.05, 0) is 25.7 Å². The fourth-order valence-corrected chi connectivity index (χ4v) is 2.90. The van der Waals surface area contributed by atoms with Crippen molar-refractivity contribution < 1.29 is 23.0 Å². The molecule has 1 unspecified atom stereocenters. The molecule has 0 saturated heterocycles. The number of aliphatic hydroxyl groups is 1. The van der Waals surface area contributed by atoms with Crippen LogP contribution >= 0.6 is 11.3 Å². The number of alkyl halides is 3. The summed E-state index contributed by atoms with van der Waals surface area (Å²) in [7, 11) is 0. The lowest BCUT2D eigenvalue weighted by atomic mass is 10.4. The van der Waals surface area contributed by atoms with E-state index in [1.807, 2.05) is 6.92 Å². The Labute approximate surface area is 154 Å². The second kappa shape index (κ2) is 10.1. The van der Waals surface area contributed by atoms with Gasteiger partial charge < -0.3 is 20.5 Å². The first-order valence-electron chi connectivity index (χ1n) is 8.68. The summed E-state index contributed by atoms with van der Waals surface area (Å²) >= 11 is 0.988. The van der Waals surface area contributed by atoms with E-state index in [0.29, 0.717) is 43.0 Å². The van der Waals surface area contributed by atoms with Gasteiger partial charge >= 0.3 is 6.18 Å². The number of aromatic nitrogens is 1. The van der Waals surface area contributed by atoms with Crippen molar-refractivity contribution in [3.63, 3.8) is 0 Å². The second-order valence-corrected chi connectivity index (χ2v) is 7.10. The average Bonchev–Trinajstić information content (AvgIpc) is 3.26. The third-order valence-electron chi connectivity index (χ3n) is 3.64. The predicted molar refractivity (Wildman–Crippen MR) is 94.4 cm³/mol. The Kier molecular flexibility index (Phi) is 8.11. The smallest absolute Gasteiger partial charge is 0.389 e. The summed E-state index contributed by atoms with van der Waals surface area (Å²) in [5.74, 6) is 1.15. The van der Waals surface area contributed by atoms with Crippen LogP contribution in [-0.2, 0) is 17.3 Å². The van der Waals surface area contributed by atoms with Crippen molar-refractivity contribution in [3.8, 4) is 0 Å². The van der Waals surface area contributed by atoms with E-state index in [0.717, 1.165) is 16.7 Å². The maximum atomic E-state index is 12.5. The van der Waals surface area contributed by atoms with Crippen LogP contribution in [-0.4, -0.2) is 55.0 Å². The lowest BCUT2D eigenvalue weighted by molar-refractivity contribution is -0.140. The summed E-state index contributed by atoms with van der Waals surface area (Å²) < 4.78 is 43.0. The zero-order chi connectivity index (χ0) is 19.0. The zero-order valence-electron chi connectivity index (χ0n) is 14.7. The molecule has 3 N–H and O–H groups in total. The van der Waals surface area contributed by atoms with Gasteiger partial charge in [-0.2, -0.15) is 13.2 Å². The van der Waals surface area contributed by atoms with Crippen LogP contribution in [0.3, 0.4) is 0 Å². The number of hydrogen-bond donors (Lipinski definition) is 3. The quantitative estimate of drug-likeness (QED) is 0.418. The van der Waals surface area contributed by atoms with E-state index in [1.54, 1.807) is 0 Å². The Balaban J connectivity index is 1.71. The minimum Gasteiger partial charge on any atom is -0.389 e. The Hall–Kier alpha value is -1.39. The van der Waals surface area contributed by atoms with Crippen LogP contribution in [0.5, 0.6) is 0 Å². The molecular weight excluding hydrogens is 369 g/mol. The van der Waals surface area contributed by atoms with Gasteiger partial charge in [-0.1, -0.05) is 0 Å². The summed E-state index contributed by atoms with van der Waals surface area (Å²) in [5.41, 5.74) is -0.854. The van der Waals surface area contributed by atoms with Gasteiger partial charge in [-0.25, -0.2) is 4.98 Å². The van der Waals surface area contributed by atoms with E-state index in [2.05, 4.69) is 20.6 Å². The van der Waals surface area contributed by atoms with Crippen LogP contribution in [0.4, 0.5) is 13.2 Å². The van der Waals surface area contributed by atoms with E-state index >= 15 is 0 Å². The fraction of sp³-hybridized carbons (Fsp3) is 0.750. The van der Waals surface area contributed by atoms with Gasteiger partial charge in [-0.3, -0.25) is 4.99 Å². The molecule has 1 saturated carbocycles. The summed E-state index contributed by atoms with van der Waals surface area (Å²) in [6.07, 6.45) is -2.33. The van der Waals surface area contributed by atoms with E-state index in [1.165, 1.54) is 12.8 Å². The molecule has 0 spiro atoms. The van der Waals surface area contributed by atoms with Crippen molar-refractivity contribution in [3.05, 3.63) is 16.1 Å². The van der Waals surface area contributed by atoms with Crippen molar-refractivity contribution in [2.24, 2.45) is 10.9 Å². The van der Waals surface area contributed by atoms with E-state index < -0.39 is 18.0 Å². The van der Waals surface area contributed by atoms with E-state index in [4.69, 9.17) is 4.74 Å². The highest BCUT2D eigenvalue weighted by Gasteiger charge is 2.33. The summed E-state index contributed by atoms with van der Waals surface area (Å²) in [6, 6.07) is 0. The number of nitrogens with zero attached hydrogens (tertiary/aromatic N) is 2.